The van der Waals surface area contributed by atoms with Gasteiger partial charge < -0.3 is 5.32 Å². The Balaban J connectivity index is 0. The van der Waals surface area contributed by atoms with E-state index in [2.05, 4.69) is 53.9 Å². The molecule has 0 atom stereocenters. The Labute approximate surface area is 144 Å². The van der Waals surface area contributed by atoms with Crippen LogP contribution in [0.2, 0.25) is 0 Å². The van der Waals surface area contributed by atoms with Crippen LogP contribution in [0.4, 0.5) is 11.4 Å². The number of fused-ring (bicyclic) bond motifs is 2. The first kappa shape index (κ1) is 23.2. The fraction of sp³-hybridized carbons (Fsp3) is 0.364. The van der Waals surface area contributed by atoms with Crippen LogP contribution in [0.1, 0.15) is 66.5 Å². The molecule has 23 heavy (non-hydrogen) atoms. The molecular formula is C22H35N. The second kappa shape index (κ2) is 16.4. The van der Waals surface area contributed by atoms with Crippen molar-refractivity contribution in [3.05, 3.63) is 59.7 Å². The second-order valence-corrected chi connectivity index (χ2v) is 3.63. The van der Waals surface area contributed by atoms with Crippen molar-refractivity contribution in [3.8, 4) is 0 Å². The van der Waals surface area contributed by atoms with Crippen LogP contribution in [0.3, 0.4) is 0 Å². The number of hydrogen-bond acceptors (Lipinski definition) is 1. The Kier molecular flexibility index (Phi) is 16.5. The van der Waals surface area contributed by atoms with E-state index in [4.69, 9.17) is 0 Å². The van der Waals surface area contributed by atoms with E-state index >= 15 is 0 Å². The van der Waals surface area contributed by atoms with Crippen molar-refractivity contribution in [2.24, 2.45) is 0 Å². The van der Waals surface area contributed by atoms with E-state index in [9.17, 15) is 0 Å². The Bertz CT molecular complexity index is 480. The molecule has 0 unspecified atom stereocenters. The molecular weight excluding hydrogens is 278 g/mol. The van der Waals surface area contributed by atoms with Gasteiger partial charge in [0, 0.05) is 11.4 Å². The minimum atomic E-state index is 1.17. The molecule has 2 aromatic carbocycles. The average molecular weight is 314 g/mol. The first-order valence-electron chi connectivity index (χ1n) is 9.07. The highest BCUT2D eigenvalue weighted by atomic mass is 14.9. The molecule has 2 aromatic rings. The molecule has 0 bridgehead atoms. The van der Waals surface area contributed by atoms with Crippen molar-refractivity contribution in [2.45, 2.75) is 55.4 Å². The molecule has 0 amide bonds. The van der Waals surface area contributed by atoms with Crippen molar-refractivity contribution in [2.75, 3.05) is 5.32 Å². The maximum atomic E-state index is 3.44. The summed E-state index contributed by atoms with van der Waals surface area (Å²) in [6.45, 7) is 16.0. The van der Waals surface area contributed by atoms with Crippen LogP contribution >= 0.6 is 0 Å². The summed E-state index contributed by atoms with van der Waals surface area (Å²) in [6, 6.07) is 16.6. The molecule has 0 fully saturated rings. The summed E-state index contributed by atoms with van der Waals surface area (Å²) in [4.78, 5) is 0. The quantitative estimate of drug-likeness (QED) is 0.443. The van der Waals surface area contributed by atoms with Gasteiger partial charge in [-0.3, -0.25) is 0 Å². The van der Waals surface area contributed by atoms with Gasteiger partial charge >= 0.3 is 0 Å². The summed E-state index contributed by atoms with van der Waals surface area (Å²) >= 11 is 0. The van der Waals surface area contributed by atoms with Gasteiger partial charge in [-0.2, -0.15) is 0 Å². The minimum Gasteiger partial charge on any atom is -0.355 e. The van der Waals surface area contributed by atoms with Crippen LogP contribution in [-0.2, 0) is 0 Å². The molecule has 1 N–H and O–H groups in total. The third-order valence-electron chi connectivity index (χ3n) is 2.63. The molecule has 1 aliphatic rings. The van der Waals surface area contributed by atoms with Gasteiger partial charge in [-0.15, -0.1) is 0 Å². The van der Waals surface area contributed by atoms with Crippen LogP contribution in [0.25, 0.3) is 12.2 Å². The van der Waals surface area contributed by atoms with E-state index < -0.39 is 0 Å². The Hall–Kier alpha value is -2.02. The predicted octanol–water partition coefficient (Wildman–Crippen LogP) is 8.02. The SMILES string of the molecule is C1=Cc2ccccc2Nc2ccccc21.CC.CC.CC.CC. The van der Waals surface area contributed by atoms with Crippen LogP contribution in [-0.4, -0.2) is 0 Å². The zero-order valence-corrected chi connectivity index (χ0v) is 16.3. The molecule has 1 heteroatoms. The average Bonchev–Trinajstić information content (AvgIpc) is 2.87. The predicted molar refractivity (Wildman–Crippen MR) is 110 cm³/mol. The largest absolute Gasteiger partial charge is 0.355 e. The van der Waals surface area contributed by atoms with Gasteiger partial charge in [0.15, 0.2) is 0 Å². The molecule has 0 spiro atoms. The first-order chi connectivity index (χ1) is 11.4. The highest BCUT2D eigenvalue weighted by Crippen LogP contribution is 2.29. The summed E-state index contributed by atoms with van der Waals surface area (Å²) in [5.41, 5.74) is 4.79. The molecule has 1 aliphatic heterocycles. The molecule has 1 heterocycles. The van der Waals surface area contributed by atoms with E-state index in [1.54, 1.807) is 0 Å². The van der Waals surface area contributed by atoms with Gasteiger partial charge in [-0.25, -0.2) is 0 Å². The fourth-order valence-corrected chi connectivity index (χ4v) is 1.84. The number of anilines is 2. The molecule has 0 aliphatic carbocycles. The van der Waals surface area contributed by atoms with Gasteiger partial charge in [0.1, 0.15) is 0 Å². The fourth-order valence-electron chi connectivity index (χ4n) is 1.84. The zero-order chi connectivity index (χ0) is 18.1. The van der Waals surface area contributed by atoms with Gasteiger partial charge in [0.25, 0.3) is 0 Å². The van der Waals surface area contributed by atoms with E-state index in [0.717, 1.165) is 0 Å². The molecule has 0 saturated carbocycles. The molecule has 1 nitrogen and oxygen atoms in total. The topological polar surface area (TPSA) is 12.0 Å². The summed E-state index contributed by atoms with van der Waals surface area (Å²) in [5.74, 6) is 0. The van der Waals surface area contributed by atoms with Gasteiger partial charge in [-0.05, 0) is 23.3 Å². The summed E-state index contributed by atoms with van der Waals surface area (Å²) in [5, 5.41) is 3.44. The number of rotatable bonds is 0. The third kappa shape index (κ3) is 7.69. The lowest BCUT2D eigenvalue weighted by Gasteiger charge is -2.08. The lowest BCUT2D eigenvalue weighted by molar-refractivity contribution is 1.50. The van der Waals surface area contributed by atoms with Crippen molar-refractivity contribution in [1.82, 2.24) is 0 Å². The van der Waals surface area contributed by atoms with Gasteiger partial charge in [-0.1, -0.05) is 104 Å². The normalized spacial score (nSPS) is 9.04. The molecule has 0 aromatic heterocycles. The summed E-state index contributed by atoms with van der Waals surface area (Å²) in [6.07, 6.45) is 4.29. The molecule has 0 saturated heterocycles. The summed E-state index contributed by atoms with van der Waals surface area (Å²) < 4.78 is 0. The lowest BCUT2D eigenvalue weighted by Crippen LogP contribution is -1.92. The Morgan fingerprint density at radius 1 is 0.478 bits per heavy atom. The van der Waals surface area contributed by atoms with E-state index in [-0.39, 0.29) is 0 Å². The number of benzene rings is 2. The van der Waals surface area contributed by atoms with Crippen molar-refractivity contribution in [3.63, 3.8) is 0 Å². The summed E-state index contributed by atoms with van der Waals surface area (Å²) in [7, 11) is 0. The maximum absolute atomic E-state index is 3.44. The maximum Gasteiger partial charge on any atom is 0.0457 e. The third-order valence-corrected chi connectivity index (χ3v) is 2.63. The first-order valence-corrected chi connectivity index (χ1v) is 9.07. The van der Waals surface area contributed by atoms with Crippen LogP contribution < -0.4 is 5.32 Å². The van der Waals surface area contributed by atoms with Crippen molar-refractivity contribution in [1.29, 1.82) is 0 Å². The van der Waals surface area contributed by atoms with Crippen molar-refractivity contribution >= 4 is 23.5 Å². The Morgan fingerprint density at radius 2 is 0.783 bits per heavy atom. The standard InChI is InChI=1S/C14H11N.4C2H6/c1-3-7-13-11(5-1)9-10-12-6-2-4-8-14(12)15-13;4*1-2/h1-10,15H;4*1-2H3. The minimum absolute atomic E-state index is 1.17. The van der Waals surface area contributed by atoms with Crippen molar-refractivity contribution < 1.29 is 0 Å². The highest BCUT2D eigenvalue weighted by molar-refractivity contribution is 5.87. The number of para-hydroxylation sites is 2. The van der Waals surface area contributed by atoms with Crippen LogP contribution in [0.5, 0.6) is 0 Å². The van der Waals surface area contributed by atoms with Gasteiger partial charge in [0.2, 0.25) is 0 Å². The second-order valence-electron chi connectivity index (χ2n) is 3.63. The van der Waals surface area contributed by atoms with E-state index in [0.29, 0.717) is 0 Å². The van der Waals surface area contributed by atoms with Crippen LogP contribution in [0, 0.1) is 0 Å². The molecule has 3 rings (SSSR count). The zero-order valence-electron chi connectivity index (χ0n) is 16.3. The Morgan fingerprint density at radius 3 is 1.13 bits per heavy atom. The smallest absolute Gasteiger partial charge is 0.0457 e. The van der Waals surface area contributed by atoms with E-state index in [1.807, 2.05) is 67.5 Å². The number of hydrogen-bond donors (Lipinski definition) is 1. The highest BCUT2D eigenvalue weighted by Gasteiger charge is 2.05. The van der Waals surface area contributed by atoms with E-state index in [1.165, 1.54) is 22.5 Å². The van der Waals surface area contributed by atoms with Gasteiger partial charge in [0.05, 0.1) is 0 Å². The molecule has 128 valence electrons. The number of nitrogens with one attached hydrogen (secondary N) is 1. The lowest BCUT2D eigenvalue weighted by atomic mass is 10.1. The van der Waals surface area contributed by atoms with Crippen LogP contribution in [0.15, 0.2) is 48.5 Å². The monoisotopic (exact) mass is 313 g/mol. The molecule has 0 radical (unpaired) electrons.